The zero-order valence-corrected chi connectivity index (χ0v) is 9.68. The lowest BCUT2D eigenvalue weighted by Gasteiger charge is -2.35. The van der Waals surface area contributed by atoms with Crippen LogP contribution in [-0.4, -0.2) is 25.5 Å². The van der Waals surface area contributed by atoms with E-state index in [4.69, 9.17) is 5.26 Å². The van der Waals surface area contributed by atoms with Crippen LogP contribution in [-0.2, 0) is 4.79 Å². The number of hydrogen-bond acceptors (Lipinski definition) is 3. The molecule has 1 aliphatic carbocycles. The number of benzene rings is 1. The second-order valence-corrected chi connectivity index (χ2v) is 4.67. The molecule has 0 spiro atoms. The van der Waals surface area contributed by atoms with Gasteiger partial charge in [-0.2, -0.15) is 5.26 Å². The van der Waals surface area contributed by atoms with Gasteiger partial charge in [-0.05, 0) is 31.0 Å². The van der Waals surface area contributed by atoms with Crippen LogP contribution in [0.4, 0.5) is 11.4 Å². The highest BCUT2D eigenvalue weighted by atomic mass is 16.2. The SMILES string of the molecule is CN1CC(=O)N(C2CC2)c2cc(C#N)ccc21. The molecule has 2 aliphatic rings. The molecule has 4 heteroatoms. The fourth-order valence-corrected chi connectivity index (χ4v) is 2.34. The molecule has 0 N–H and O–H groups in total. The molecule has 0 bridgehead atoms. The zero-order valence-electron chi connectivity index (χ0n) is 9.68. The second-order valence-electron chi connectivity index (χ2n) is 4.67. The summed E-state index contributed by atoms with van der Waals surface area (Å²) in [7, 11) is 1.91. The minimum Gasteiger partial charge on any atom is -0.364 e. The number of nitrogens with zero attached hydrogens (tertiary/aromatic N) is 3. The first-order valence-electron chi connectivity index (χ1n) is 5.78. The number of hydrogen-bond donors (Lipinski definition) is 0. The number of carbonyl (C=O) groups is 1. The van der Waals surface area contributed by atoms with Crippen molar-refractivity contribution < 1.29 is 4.79 Å². The summed E-state index contributed by atoms with van der Waals surface area (Å²) in [5.74, 6) is 0.137. The predicted octanol–water partition coefficient (Wildman–Crippen LogP) is 1.50. The number of amides is 1. The minimum atomic E-state index is 0.137. The van der Waals surface area contributed by atoms with Gasteiger partial charge < -0.3 is 9.80 Å². The molecule has 1 heterocycles. The van der Waals surface area contributed by atoms with Gasteiger partial charge >= 0.3 is 0 Å². The summed E-state index contributed by atoms with van der Waals surface area (Å²) < 4.78 is 0. The van der Waals surface area contributed by atoms with E-state index in [0.29, 0.717) is 18.2 Å². The Kier molecular flexibility index (Phi) is 2.08. The monoisotopic (exact) mass is 227 g/mol. The average Bonchev–Trinajstić information content (AvgIpc) is 3.12. The molecule has 1 fully saturated rings. The highest BCUT2D eigenvalue weighted by molar-refractivity contribution is 6.04. The number of carbonyl (C=O) groups excluding carboxylic acids is 1. The van der Waals surface area contributed by atoms with Gasteiger partial charge in [0.15, 0.2) is 0 Å². The lowest BCUT2D eigenvalue weighted by atomic mass is 10.1. The van der Waals surface area contributed by atoms with Gasteiger partial charge in [0, 0.05) is 13.1 Å². The van der Waals surface area contributed by atoms with Crippen molar-refractivity contribution >= 4 is 17.3 Å². The Morgan fingerprint density at radius 2 is 2.12 bits per heavy atom. The molecular formula is C13H13N3O. The average molecular weight is 227 g/mol. The maximum absolute atomic E-state index is 12.0. The third-order valence-electron chi connectivity index (χ3n) is 3.33. The maximum Gasteiger partial charge on any atom is 0.246 e. The third kappa shape index (κ3) is 1.55. The molecule has 0 atom stereocenters. The molecule has 17 heavy (non-hydrogen) atoms. The Balaban J connectivity index is 2.13. The van der Waals surface area contributed by atoms with Crippen LogP contribution in [0.5, 0.6) is 0 Å². The van der Waals surface area contributed by atoms with Gasteiger partial charge in [-0.1, -0.05) is 0 Å². The van der Waals surface area contributed by atoms with Gasteiger partial charge in [0.05, 0.1) is 29.6 Å². The fraction of sp³-hybridized carbons (Fsp3) is 0.385. The first kappa shape index (κ1) is 10.2. The quantitative estimate of drug-likeness (QED) is 0.730. The van der Waals surface area contributed by atoms with Crippen LogP contribution in [0.3, 0.4) is 0 Å². The van der Waals surface area contributed by atoms with Crippen molar-refractivity contribution in [2.75, 3.05) is 23.4 Å². The molecule has 0 radical (unpaired) electrons. The van der Waals surface area contributed by atoms with Crippen molar-refractivity contribution in [3.8, 4) is 6.07 Å². The van der Waals surface area contributed by atoms with Gasteiger partial charge in [-0.3, -0.25) is 4.79 Å². The molecule has 3 rings (SSSR count). The summed E-state index contributed by atoms with van der Waals surface area (Å²) in [5.41, 5.74) is 2.54. The van der Waals surface area contributed by atoms with Crippen molar-refractivity contribution in [2.45, 2.75) is 18.9 Å². The van der Waals surface area contributed by atoms with E-state index in [1.165, 1.54) is 0 Å². The number of fused-ring (bicyclic) bond motifs is 1. The van der Waals surface area contributed by atoms with Crippen LogP contribution in [0.25, 0.3) is 0 Å². The van der Waals surface area contributed by atoms with Crippen molar-refractivity contribution in [3.05, 3.63) is 23.8 Å². The summed E-state index contributed by atoms with van der Waals surface area (Å²) in [5, 5.41) is 8.94. The van der Waals surface area contributed by atoms with E-state index < -0.39 is 0 Å². The highest BCUT2D eigenvalue weighted by Gasteiger charge is 2.38. The van der Waals surface area contributed by atoms with E-state index in [0.717, 1.165) is 24.2 Å². The fourth-order valence-electron chi connectivity index (χ4n) is 2.34. The number of nitriles is 1. The summed E-state index contributed by atoms with van der Waals surface area (Å²) in [6.45, 7) is 0.426. The molecule has 86 valence electrons. The number of anilines is 2. The normalized spacial score (nSPS) is 18.9. The number of rotatable bonds is 1. The molecule has 0 aromatic heterocycles. The largest absolute Gasteiger partial charge is 0.364 e. The van der Waals surface area contributed by atoms with E-state index in [9.17, 15) is 4.79 Å². The molecule has 0 saturated heterocycles. The lowest BCUT2D eigenvalue weighted by Crippen LogP contribution is -2.45. The second kappa shape index (κ2) is 3.49. The summed E-state index contributed by atoms with van der Waals surface area (Å²) >= 11 is 0. The topological polar surface area (TPSA) is 47.3 Å². The van der Waals surface area contributed by atoms with Gasteiger partial charge in [0.25, 0.3) is 0 Å². The Labute approximate surface area is 100 Å². The van der Waals surface area contributed by atoms with E-state index in [-0.39, 0.29) is 5.91 Å². The van der Waals surface area contributed by atoms with Crippen LogP contribution < -0.4 is 9.80 Å². The molecule has 1 aromatic carbocycles. The Morgan fingerprint density at radius 1 is 1.35 bits per heavy atom. The summed E-state index contributed by atoms with van der Waals surface area (Å²) in [6, 6.07) is 8.03. The van der Waals surface area contributed by atoms with Gasteiger partial charge in [-0.15, -0.1) is 0 Å². The van der Waals surface area contributed by atoms with Crippen LogP contribution in [0.2, 0.25) is 0 Å². The van der Waals surface area contributed by atoms with Crippen molar-refractivity contribution in [1.29, 1.82) is 5.26 Å². The molecule has 0 unspecified atom stereocenters. The highest BCUT2D eigenvalue weighted by Crippen LogP contribution is 2.40. The van der Waals surface area contributed by atoms with Gasteiger partial charge in [-0.25, -0.2) is 0 Å². The summed E-state index contributed by atoms with van der Waals surface area (Å²) in [4.78, 5) is 15.9. The minimum absolute atomic E-state index is 0.137. The van der Waals surface area contributed by atoms with Crippen LogP contribution in [0, 0.1) is 11.3 Å². The first-order chi connectivity index (χ1) is 8.20. The van der Waals surface area contributed by atoms with Crippen LogP contribution >= 0.6 is 0 Å². The van der Waals surface area contributed by atoms with E-state index in [2.05, 4.69) is 6.07 Å². The smallest absolute Gasteiger partial charge is 0.246 e. The molecule has 1 amide bonds. The molecule has 1 saturated carbocycles. The summed E-state index contributed by atoms with van der Waals surface area (Å²) in [6.07, 6.45) is 2.15. The van der Waals surface area contributed by atoms with E-state index >= 15 is 0 Å². The van der Waals surface area contributed by atoms with Crippen LogP contribution in [0.15, 0.2) is 18.2 Å². The Hall–Kier alpha value is -2.02. The lowest BCUT2D eigenvalue weighted by molar-refractivity contribution is -0.117. The Morgan fingerprint density at radius 3 is 2.76 bits per heavy atom. The standard InChI is InChI=1S/C13H13N3O/c1-15-8-13(17)16(10-3-4-10)12-6-9(7-14)2-5-11(12)15/h2,5-6,10H,3-4,8H2,1H3. The predicted molar refractivity (Wildman–Crippen MR) is 64.9 cm³/mol. The van der Waals surface area contributed by atoms with Gasteiger partial charge in [0.1, 0.15) is 0 Å². The first-order valence-corrected chi connectivity index (χ1v) is 5.78. The third-order valence-corrected chi connectivity index (χ3v) is 3.33. The zero-order chi connectivity index (χ0) is 12.0. The Bertz CT molecular complexity index is 528. The molecule has 1 aliphatic heterocycles. The molecule has 4 nitrogen and oxygen atoms in total. The van der Waals surface area contributed by atoms with Gasteiger partial charge in [0.2, 0.25) is 5.91 Å². The van der Waals surface area contributed by atoms with Crippen molar-refractivity contribution in [1.82, 2.24) is 0 Å². The molecular weight excluding hydrogens is 214 g/mol. The van der Waals surface area contributed by atoms with E-state index in [1.54, 1.807) is 6.07 Å². The van der Waals surface area contributed by atoms with Crippen molar-refractivity contribution in [3.63, 3.8) is 0 Å². The van der Waals surface area contributed by atoms with E-state index in [1.807, 2.05) is 29.0 Å². The maximum atomic E-state index is 12.0. The van der Waals surface area contributed by atoms with Crippen molar-refractivity contribution in [2.24, 2.45) is 0 Å². The number of likely N-dealkylation sites (N-methyl/N-ethyl adjacent to an activating group) is 1. The molecule has 1 aromatic rings. The van der Waals surface area contributed by atoms with Crippen LogP contribution in [0.1, 0.15) is 18.4 Å².